The predicted octanol–water partition coefficient (Wildman–Crippen LogP) is 5.62. The summed E-state index contributed by atoms with van der Waals surface area (Å²) < 4.78 is 36.1. The number of hydrogen-bond acceptors (Lipinski definition) is 19. The van der Waals surface area contributed by atoms with Crippen LogP contribution in [0.1, 0.15) is 130 Å². The molecule has 84 heavy (non-hydrogen) atoms. The lowest BCUT2D eigenvalue weighted by atomic mass is 9.80. The van der Waals surface area contributed by atoms with Gasteiger partial charge in [0.25, 0.3) is 11.7 Å². The van der Waals surface area contributed by atoms with E-state index in [1.165, 1.54) is 7.11 Å². The second-order valence-electron chi connectivity index (χ2n) is 24.7. The molecule has 2 amide bonds. The SMILES string of the molecule is CO[C@H]1C[C@@H]2CC[C@@H](C)[C@@](O)(O2)C(=O)C(=O)N2CCCC[C@H]2C(=O)O[C@H]([C@H](N)C[C@@H]2CC[C@@H](OC(=O)N3CCc4nc(N5CCN(C)CC5)ncc4C3)[C@H](OC)C2)CC(=O)[C@H](C)/C=C(\C)[C@@H](O)[C@@H](OC)C(=O)C(C)C[C@H](C)/C=C/C=C/C=C/1C. The number of allylic oxidation sites excluding steroid dienone is 6. The van der Waals surface area contributed by atoms with Crippen molar-refractivity contribution in [2.75, 3.05) is 72.5 Å². The zero-order valence-corrected chi connectivity index (χ0v) is 51.3. The lowest BCUT2D eigenvalue weighted by molar-refractivity contribution is -0.265. The number of aliphatic hydroxyl groups excluding tert-OH is 1. The summed E-state index contributed by atoms with van der Waals surface area (Å²) in [6, 6.07) is -2.16. The Bertz CT molecular complexity index is 2590. The van der Waals surface area contributed by atoms with E-state index in [9.17, 15) is 39.0 Å². The van der Waals surface area contributed by atoms with Gasteiger partial charge in [0.05, 0.1) is 30.6 Å². The summed E-state index contributed by atoms with van der Waals surface area (Å²) in [5.74, 6) is -7.73. The largest absolute Gasteiger partial charge is 0.459 e. The zero-order valence-electron chi connectivity index (χ0n) is 51.3. The smallest absolute Gasteiger partial charge is 0.410 e. The molecule has 21 nitrogen and oxygen atoms in total. The number of Topliss-reactive ketones (excluding diaryl/α,β-unsaturated/α-hetero) is 3. The van der Waals surface area contributed by atoms with E-state index in [4.69, 9.17) is 39.1 Å². The number of piperidine rings is 1. The van der Waals surface area contributed by atoms with E-state index in [0.29, 0.717) is 82.4 Å². The quantitative estimate of drug-likeness (QED) is 0.162. The summed E-state index contributed by atoms with van der Waals surface area (Å²) in [4.78, 5) is 102. The fraction of sp³-hybridized carbons (Fsp3) is 0.714. The minimum absolute atomic E-state index is 0.0115. The third-order valence-corrected chi connectivity index (χ3v) is 18.4. The van der Waals surface area contributed by atoms with Crippen LogP contribution in [0.2, 0.25) is 0 Å². The number of aromatic nitrogens is 2. The van der Waals surface area contributed by atoms with Gasteiger partial charge >= 0.3 is 12.1 Å². The topological polar surface area (TPSA) is 263 Å². The van der Waals surface area contributed by atoms with Gasteiger partial charge in [-0.1, -0.05) is 64.2 Å². The van der Waals surface area contributed by atoms with Gasteiger partial charge in [-0.25, -0.2) is 19.6 Å². The van der Waals surface area contributed by atoms with Crippen LogP contribution in [0.15, 0.2) is 53.8 Å². The molecule has 0 aromatic carbocycles. The molecule has 15 atom stereocenters. The standard InChI is InChI=1S/C63H95N7O14/c1-38-16-12-11-13-17-39(2)52(79-8)34-46-21-19-43(6)63(78,84-46)58(74)59(75)70-24-15-14-18-49(70)60(76)82-53(35-50(71)40(3)31-42(5)56(73)57(81-10)55(72)41(4)30-38)47(64)32-44-20-22-51(54(33-44)80-9)83-62(77)69-25-23-48-45(37-69)36-65-61(66-48)68-28-26-67(7)27-29-68/h11-13,16-17,31,36,38,40-41,43-44,46-47,49,51-54,56-57,73,78H,14-15,18-30,32-35,37,64H2,1-10H3/b13-11+,16-12+,39-17+,42-31+/t38-,40-,41?,43-,44+,46+,47-,49+,51-,52+,53+,54-,56-,57+,63-/m1/s1. The lowest BCUT2D eigenvalue weighted by Crippen LogP contribution is -2.61. The monoisotopic (exact) mass is 1170 g/mol. The molecule has 1 unspecified atom stereocenters. The average molecular weight is 1170 g/mol. The van der Waals surface area contributed by atoms with Crippen LogP contribution in [0.3, 0.4) is 0 Å². The van der Waals surface area contributed by atoms with Crippen molar-refractivity contribution >= 4 is 41.3 Å². The first-order chi connectivity index (χ1) is 40.0. The molecule has 5 aliphatic heterocycles. The second-order valence-corrected chi connectivity index (χ2v) is 24.7. The van der Waals surface area contributed by atoms with Gasteiger partial charge in [-0.3, -0.25) is 19.2 Å². The van der Waals surface area contributed by atoms with Crippen LogP contribution in [0, 0.1) is 29.6 Å². The molecule has 1 aromatic heterocycles. The van der Waals surface area contributed by atoms with Crippen LogP contribution in [0.25, 0.3) is 0 Å². The maximum absolute atomic E-state index is 14.7. The van der Waals surface area contributed by atoms with Crippen molar-refractivity contribution < 1.29 is 67.4 Å². The Balaban J connectivity index is 1.09. The number of cyclic esters (lactones) is 1. The Hall–Kier alpha value is -5.26. The average Bonchev–Trinajstić information content (AvgIpc) is 3.41. The minimum Gasteiger partial charge on any atom is -0.459 e. The van der Waals surface area contributed by atoms with Crippen LogP contribution in [-0.2, 0) is 65.4 Å². The molecule has 6 aliphatic rings. The fourth-order valence-corrected chi connectivity index (χ4v) is 12.8. The van der Waals surface area contributed by atoms with E-state index in [2.05, 4.69) is 21.8 Å². The number of ketones is 3. The highest BCUT2D eigenvalue weighted by Crippen LogP contribution is 2.38. The van der Waals surface area contributed by atoms with Gasteiger partial charge in [0.15, 0.2) is 5.78 Å². The van der Waals surface area contributed by atoms with Gasteiger partial charge in [-0.2, -0.15) is 0 Å². The van der Waals surface area contributed by atoms with Crippen molar-refractivity contribution in [3.63, 3.8) is 0 Å². The molecule has 1 aliphatic carbocycles. The van der Waals surface area contributed by atoms with Crippen LogP contribution in [0.4, 0.5) is 10.7 Å². The molecule has 466 valence electrons. The maximum atomic E-state index is 14.7. The van der Waals surface area contributed by atoms with Gasteiger partial charge in [-0.05, 0) is 108 Å². The minimum atomic E-state index is -2.48. The van der Waals surface area contributed by atoms with E-state index < -0.39 is 102 Å². The molecule has 7 rings (SSSR count). The number of nitrogens with two attached hydrogens (primary N) is 1. The molecule has 4 N–H and O–H groups in total. The number of esters is 1. The van der Waals surface area contributed by atoms with Crippen molar-refractivity contribution in [1.29, 1.82) is 0 Å². The number of ether oxygens (including phenoxy) is 6. The molecule has 6 heterocycles. The molecule has 2 bridgehead atoms. The van der Waals surface area contributed by atoms with Crippen molar-refractivity contribution in [1.82, 2.24) is 24.7 Å². The first-order valence-corrected chi connectivity index (χ1v) is 30.5. The third kappa shape index (κ3) is 16.6. The van der Waals surface area contributed by atoms with E-state index in [0.717, 1.165) is 47.9 Å². The molecular formula is C63H95N7O14. The predicted molar refractivity (Wildman–Crippen MR) is 314 cm³/mol. The molecule has 3 saturated heterocycles. The highest BCUT2D eigenvalue weighted by molar-refractivity contribution is 6.39. The highest BCUT2D eigenvalue weighted by atomic mass is 16.6. The molecule has 21 heteroatoms. The highest BCUT2D eigenvalue weighted by Gasteiger charge is 2.53. The van der Waals surface area contributed by atoms with E-state index in [1.54, 1.807) is 52.9 Å². The van der Waals surface area contributed by atoms with Crippen molar-refractivity contribution in [2.24, 2.45) is 35.3 Å². The van der Waals surface area contributed by atoms with Crippen LogP contribution in [-0.4, -0.2) is 198 Å². The molecular weight excluding hydrogens is 1080 g/mol. The lowest BCUT2D eigenvalue weighted by Gasteiger charge is -2.42. The summed E-state index contributed by atoms with van der Waals surface area (Å²) in [6.07, 6.45) is 11.3. The number of nitrogens with zero attached hydrogens (tertiary/aromatic N) is 6. The molecule has 1 aromatic rings. The number of aliphatic hydroxyl groups is 2. The normalized spacial score (nSPS) is 36.0. The van der Waals surface area contributed by atoms with Gasteiger partial charge in [-0.15, -0.1) is 0 Å². The second kappa shape index (κ2) is 30.4. The van der Waals surface area contributed by atoms with Gasteiger partial charge < -0.3 is 64.0 Å². The van der Waals surface area contributed by atoms with Crippen LogP contribution >= 0.6 is 0 Å². The van der Waals surface area contributed by atoms with Crippen molar-refractivity contribution in [2.45, 2.75) is 192 Å². The molecule has 1 saturated carbocycles. The zero-order chi connectivity index (χ0) is 61.0. The van der Waals surface area contributed by atoms with Crippen LogP contribution < -0.4 is 10.6 Å². The van der Waals surface area contributed by atoms with Crippen LogP contribution in [0.5, 0.6) is 0 Å². The number of rotatable bonds is 8. The van der Waals surface area contributed by atoms with Crippen molar-refractivity contribution in [3.8, 4) is 0 Å². The van der Waals surface area contributed by atoms with Gasteiger partial charge in [0, 0.05) is 115 Å². The number of methoxy groups -OCH3 is 3. The Labute approximate surface area is 496 Å². The van der Waals surface area contributed by atoms with Gasteiger partial charge in [0.1, 0.15) is 36.2 Å². The Morgan fingerprint density at radius 3 is 2.32 bits per heavy atom. The van der Waals surface area contributed by atoms with E-state index in [1.807, 2.05) is 50.4 Å². The summed E-state index contributed by atoms with van der Waals surface area (Å²) in [5.41, 5.74) is 10.1. The number of fused-ring (bicyclic) bond motifs is 4. The third-order valence-electron chi connectivity index (χ3n) is 18.4. The Morgan fingerprint density at radius 2 is 1.61 bits per heavy atom. The summed E-state index contributed by atoms with van der Waals surface area (Å²) in [7, 11) is 6.60. The first kappa shape index (κ1) is 66.3. The van der Waals surface area contributed by atoms with Crippen molar-refractivity contribution in [3.05, 3.63) is 65.1 Å². The maximum Gasteiger partial charge on any atom is 0.410 e. The Morgan fingerprint density at radius 1 is 0.857 bits per heavy atom. The number of likely N-dealkylation sites (N-methyl/N-ethyl adjacent to an activating group) is 1. The molecule has 0 spiro atoms. The number of amides is 2. The Kier molecular flexibility index (Phi) is 24.0. The van der Waals surface area contributed by atoms with E-state index in [-0.39, 0.29) is 55.6 Å². The number of carbonyl (C=O) groups excluding carboxylic acids is 6. The number of hydrogen-bond donors (Lipinski definition) is 3. The number of piperazine rings is 1. The molecule has 4 fully saturated rings. The summed E-state index contributed by atoms with van der Waals surface area (Å²) in [5, 5.41) is 23.7. The fourth-order valence-electron chi connectivity index (χ4n) is 12.8. The van der Waals surface area contributed by atoms with E-state index >= 15 is 0 Å². The summed E-state index contributed by atoms with van der Waals surface area (Å²) >= 11 is 0. The first-order valence-electron chi connectivity index (χ1n) is 30.5. The summed E-state index contributed by atoms with van der Waals surface area (Å²) in [6.45, 7) is 15.0. The van der Waals surface area contributed by atoms with Gasteiger partial charge in [0.2, 0.25) is 11.7 Å². The number of carbonyl (C=O) groups is 6. The number of anilines is 1. The molecule has 0 radical (unpaired) electrons.